The molecule has 208 valence electrons. The smallest absolute Gasteiger partial charge is 0.411 e. The van der Waals surface area contributed by atoms with Crippen LogP contribution in [0.1, 0.15) is 43.9 Å². The summed E-state index contributed by atoms with van der Waals surface area (Å²) < 4.78 is 26.7. The zero-order valence-corrected chi connectivity index (χ0v) is 22.8. The van der Waals surface area contributed by atoms with Crippen LogP contribution in [0, 0.1) is 5.82 Å². The third-order valence-electron chi connectivity index (χ3n) is 6.77. The Kier molecular flexibility index (Phi) is 7.84. The van der Waals surface area contributed by atoms with Crippen molar-refractivity contribution in [3.05, 3.63) is 95.6 Å². The summed E-state index contributed by atoms with van der Waals surface area (Å²) in [4.78, 5) is 35.1. The number of aromatic amines is 1. The fourth-order valence-electron chi connectivity index (χ4n) is 4.85. The molecular formula is C31H33FN4O4. The molecule has 1 saturated heterocycles. The minimum Gasteiger partial charge on any atom is -0.444 e. The molecule has 40 heavy (non-hydrogen) atoms. The molecule has 5 rings (SSSR count). The number of likely N-dealkylation sites (tertiary alicyclic amines) is 1. The molecule has 2 N–H and O–H groups in total. The van der Waals surface area contributed by atoms with E-state index in [4.69, 9.17) is 9.47 Å². The Hall–Kier alpha value is -4.24. The van der Waals surface area contributed by atoms with Gasteiger partial charge in [-0.15, -0.1) is 0 Å². The number of nitrogens with zero attached hydrogens (tertiary/aromatic N) is 2. The van der Waals surface area contributed by atoms with Crippen molar-refractivity contribution in [1.29, 1.82) is 0 Å². The maximum Gasteiger partial charge on any atom is 0.411 e. The SMILES string of the molecule is CC(C)(C)OC(=O)N1C[C@H](OCc2ccccc2)C[C@H]1C(=O)Nc1ccc(Cc2ccnc3[nH]ccc23)c(F)c1. The van der Waals surface area contributed by atoms with E-state index in [1.54, 1.807) is 45.3 Å². The Morgan fingerprint density at radius 3 is 2.65 bits per heavy atom. The van der Waals surface area contributed by atoms with Gasteiger partial charge in [-0.3, -0.25) is 9.69 Å². The molecule has 3 heterocycles. The highest BCUT2D eigenvalue weighted by atomic mass is 19.1. The second kappa shape index (κ2) is 11.5. The quantitative estimate of drug-likeness (QED) is 0.305. The van der Waals surface area contributed by atoms with Crippen LogP contribution in [0.5, 0.6) is 0 Å². The lowest BCUT2D eigenvalue weighted by Crippen LogP contribution is -2.45. The zero-order valence-electron chi connectivity index (χ0n) is 22.8. The molecule has 0 unspecified atom stereocenters. The highest BCUT2D eigenvalue weighted by Gasteiger charge is 2.42. The van der Waals surface area contributed by atoms with Gasteiger partial charge in [-0.25, -0.2) is 14.2 Å². The molecule has 0 radical (unpaired) electrons. The molecule has 9 heteroatoms. The summed E-state index contributed by atoms with van der Waals surface area (Å²) in [5, 5.41) is 3.72. The van der Waals surface area contributed by atoms with Crippen LogP contribution in [0.3, 0.4) is 0 Å². The number of aromatic nitrogens is 2. The Morgan fingerprint density at radius 2 is 1.90 bits per heavy atom. The molecule has 8 nitrogen and oxygen atoms in total. The lowest BCUT2D eigenvalue weighted by Gasteiger charge is -2.28. The minimum atomic E-state index is -0.822. The number of carbonyl (C=O) groups is 2. The minimum absolute atomic E-state index is 0.215. The summed E-state index contributed by atoms with van der Waals surface area (Å²) in [5.41, 5.74) is 2.78. The van der Waals surface area contributed by atoms with Crippen LogP contribution in [-0.2, 0) is 27.3 Å². The number of ether oxygens (including phenoxy) is 2. The van der Waals surface area contributed by atoms with E-state index in [9.17, 15) is 9.59 Å². The predicted octanol–water partition coefficient (Wildman–Crippen LogP) is 5.83. The number of H-pyrrole nitrogens is 1. The van der Waals surface area contributed by atoms with Gasteiger partial charge in [0, 0.05) is 36.3 Å². The average Bonchev–Trinajstić information content (AvgIpc) is 3.57. The van der Waals surface area contributed by atoms with Gasteiger partial charge in [0.15, 0.2) is 0 Å². The van der Waals surface area contributed by atoms with Gasteiger partial charge in [-0.05, 0) is 61.7 Å². The van der Waals surface area contributed by atoms with E-state index in [-0.39, 0.29) is 12.6 Å². The molecule has 2 amide bonds. The number of anilines is 1. The van der Waals surface area contributed by atoms with Gasteiger partial charge in [-0.2, -0.15) is 0 Å². The normalized spacial score (nSPS) is 17.2. The maximum absolute atomic E-state index is 15.1. The third-order valence-corrected chi connectivity index (χ3v) is 6.77. The van der Waals surface area contributed by atoms with E-state index in [1.807, 2.05) is 42.5 Å². The van der Waals surface area contributed by atoms with Crippen molar-refractivity contribution >= 4 is 28.7 Å². The molecule has 1 fully saturated rings. The van der Waals surface area contributed by atoms with Crippen molar-refractivity contribution < 1.29 is 23.5 Å². The molecule has 0 aliphatic carbocycles. The number of fused-ring (bicyclic) bond motifs is 1. The number of nitrogens with one attached hydrogen (secondary N) is 2. The number of pyridine rings is 1. The Bertz CT molecular complexity index is 1500. The Balaban J connectivity index is 1.28. The number of hydrogen-bond donors (Lipinski definition) is 2. The van der Waals surface area contributed by atoms with Crippen molar-refractivity contribution in [1.82, 2.24) is 14.9 Å². The van der Waals surface area contributed by atoms with Gasteiger partial charge in [0.1, 0.15) is 23.1 Å². The van der Waals surface area contributed by atoms with Crippen LogP contribution in [0.4, 0.5) is 14.9 Å². The Labute approximate surface area is 232 Å². The molecule has 2 aromatic heterocycles. The van der Waals surface area contributed by atoms with Crippen molar-refractivity contribution in [3.8, 4) is 0 Å². The lowest BCUT2D eigenvalue weighted by molar-refractivity contribution is -0.120. The highest BCUT2D eigenvalue weighted by molar-refractivity contribution is 5.97. The van der Waals surface area contributed by atoms with E-state index in [0.717, 1.165) is 22.2 Å². The molecular weight excluding hydrogens is 511 g/mol. The highest BCUT2D eigenvalue weighted by Crippen LogP contribution is 2.27. The molecule has 2 aromatic carbocycles. The van der Waals surface area contributed by atoms with Gasteiger partial charge >= 0.3 is 6.09 Å². The number of hydrogen-bond acceptors (Lipinski definition) is 5. The van der Waals surface area contributed by atoms with Gasteiger partial charge < -0.3 is 19.8 Å². The average molecular weight is 545 g/mol. The van der Waals surface area contributed by atoms with E-state index < -0.39 is 29.5 Å². The fraction of sp³-hybridized carbons (Fsp3) is 0.323. The summed E-state index contributed by atoms with van der Waals surface area (Å²) in [6.07, 6.45) is 3.23. The van der Waals surface area contributed by atoms with Crippen molar-refractivity contribution in [2.45, 2.75) is 58.0 Å². The van der Waals surface area contributed by atoms with E-state index in [1.165, 1.54) is 11.0 Å². The molecule has 1 aliphatic heterocycles. The number of halogens is 1. The Morgan fingerprint density at radius 1 is 1.10 bits per heavy atom. The molecule has 0 spiro atoms. The van der Waals surface area contributed by atoms with Crippen LogP contribution in [0.25, 0.3) is 11.0 Å². The van der Waals surface area contributed by atoms with Crippen molar-refractivity contribution in [3.63, 3.8) is 0 Å². The number of carbonyl (C=O) groups excluding carboxylic acids is 2. The first kappa shape index (κ1) is 27.3. The fourth-order valence-corrected chi connectivity index (χ4v) is 4.85. The van der Waals surface area contributed by atoms with Crippen molar-refractivity contribution in [2.24, 2.45) is 0 Å². The first-order valence-electron chi connectivity index (χ1n) is 13.3. The zero-order chi connectivity index (χ0) is 28.3. The maximum atomic E-state index is 15.1. The first-order valence-corrected chi connectivity index (χ1v) is 13.3. The predicted molar refractivity (Wildman–Crippen MR) is 150 cm³/mol. The molecule has 2 atom stereocenters. The van der Waals surface area contributed by atoms with Gasteiger partial charge in [-0.1, -0.05) is 36.4 Å². The second-order valence-corrected chi connectivity index (χ2v) is 11.0. The van der Waals surface area contributed by atoms with Gasteiger partial charge in [0.2, 0.25) is 5.91 Å². The van der Waals surface area contributed by atoms with Gasteiger partial charge in [0.05, 0.1) is 19.3 Å². The standard InChI is InChI=1S/C31H33FN4O4/c1-31(2,3)40-30(38)36-18-24(39-19-20-7-5-4-6-8-20)17-27(36)29(37)35-23-10-9-22(26(32)16-23)15-21-11-13-33-28-25(21)12-14-34-28/h4-14,16,24,27H,15,17-19H2,1-3H3,(H,33,34)(H,35,37)/t24-,27+/m1/s1. The summed E-state index contributed by atoms with van der Waals surface area (Å²) in [6.45, 7) is 5.90. The molecule has 0 saturated carbocycles. The number of benzene rings is 2. The summed E-state index contributed by atoms with van der Waals surface area (Å²) in [6, 6.07) is 17.3. The monoisotopic (exact) mass is 544 g/mol. The summed E-state index contributed by atoms with van der Waals surface area (Å²) in [5.74, 6) is -0.857. The third kappa shape index (κ3) is 6.48. The largest absolute Gasteiger partial charge is 0.444 e. The number of amides is 2. The summed E-state index contributed by atoms with van der Waals surface area (Å²) >= 11 is 0. The van der Waals surface area contributed by atoms with Crippen LogP contribution >= 0.6 is 0 Å². The summed E-state index contributed by atoms with van der Waals surface area (Å²) in [7, 11) is 0. The molecule has 4 aromatic rings. The first-order chi connectivity index (χ1) is 19.2. The van der Waals surface area contributed by atoms with Crippen LogP contribution in [0.2, 0.25) is 0 Å². The van der Waals surface area contributed by atoms with Crippen LogP contribution in [0.15, 0.2) is 73.1 Å². The molecule has 1 aliphatic rings. The van der Waals surface area contributed by atoms with E-state index in [0.29, 0.717) is 30.7 Å². The number of rotatable bonds is 7. The van der Waals surface area contributed by atoms with Crippen LogP contribution in [-0.4, -0.2) is 51.2 Å². The lowest BCUT2D eigenvalue weighted by atomic mass is 10.0. The molecule has 0 bridgehead atoms. The van der Waals surface area contributed by atoms with Crippen LogP contribution < -0.4 is 5.32 Å². The second-order valence-electron chi connectivity index (χ2n) is 11.0. The van der Waals surface area contributed by atoms with Gasteiger partial charge in [0.25, 0.3) is 0 Å². The van der Waals surface area contributed by atoms with Crippen molar-refractivity contribution in [2.75, 3.05) is 11.9 Å². The van der Waals surface area contributed by atoms with E-state index >= 15 is 4.39 Å². The van der Waals surface area contributed by atoms with E-state index in [2.05, 4.69) is 15.3 Å². The topological polar surface area (TPSA) is 96.5 Å².